The largest absolute Gasteiger partial charge is 0.389 e. The van der Waals surface area contributed by atoms with Gasteiger partial charge in [-0.15, -0.1) is 0 Å². The van der Waals surface area contributed by atoms with E-state index >= 15 is 0 Å². The molecule has 1 aliphatic rings. The highest BCUT2D eigenvalue weighted by atomic mass is 32.1. The molecule has 0 aromatic carbocycles. The minimum Gasteiger partial charge on any atom is -0.389 e. The zero-order chi connectivity index (χ0) is 14.2. The Morgan fingerprint density at radius 3 is 2.79 bits per heavy atom. The van der Waals surface area contributed by atoms with Crippen molar-refractivity contribution in [3.63, 3.8) is 0 Å². The fourth-order valence-corrected chi connectivity index (χ4v) is 2.66. The summed E-state index contributed by atoms with van der Waals surface area (Å²) in [6, 6.07) is 1.67. The molecule has 1 aromatic rings. The highest BCUT2D eigenvalue weighted by Gasteiger charge is 2.29. The van der Waals surface area contributed by atoms with Gasteiger partial charge in [0.1, 0.15) is 11.0 Å². The molecule has 0 radical (unpaired) electrons. The molecule has 19 heavy (non-hydrogen) atoms. The Kier molecular flexibility index (Phi) is 3.71. The zero-order valence-corrected chi connectivity index (χ0v) is 12.2. The quantitative estimate of drug-likeness (QED) is 0.806. The molecule has 0 bridgehead atoms. The van der Waals surface area contributed by atoms with E-state index in [0.29, 0.717) is 4.99 Å². The van der Waals surface area contributed by atoms with E-state index in [9.17, 15) is 4.79 Å². The van der Waals surface area contributed by atoms with Gasteiger partial charge in [0.05, 0.1) is 5.56 Å². The van der Waals surface area contributed by atoms with E-state index in [4.69, 9.17) is 18.0 Å². The number of hydrogen-bond donors (Lipinski definition) is 2. The molecular formula is C13H18N4OS. The fourth-order valence-electron chi connectivity index (χ4n) is 2.40. The van der Waals surface area contributed by atoms with Gasteiger partial charge in [-0.1, -0.05) is 12.2 Å². The first-order valence-corrected chi connectivity index (χ1v) is 6.60. The molecule has 1 aliphatic heterocycles. The molecule has 1 aromatic heterocycles. The van der Waals surface area contributed by atoms with Crippen molar-refractivity contribution in [2.75, 3.05) is 18.9 Å². The number of amides is 1. The van der Waals surface area contributed by atoms with E-state index < -0.39 is 0 Å². The molecule has 2 rings (SSSR count). The topological polar surface area (TPSA) is 71.2 Å². The number of anilines is 1. The number of aryl methyl sites for hydroxylation is 2. The summed E-state index contributed by atoms with van der Waals surface area (Å²) in [5, 5.41) is 3.25. The summed E-state index contributed by atoms with van der Waals surface area (Å²) in [7, 11) is 1.81. The number of likely N-dealkylation sites (N-methyl/N-ethyl adjacent to an activating group) is 1. The maximum atomic E-state index is 11.9. The third-order valence-corrected chi connectivity index (χ3v) is 3.54. The second kappa shape index (κ2) is 5.13. The fraction of sp³-hybridized carbons (Fsp3) is 0.462. The van der Waals surface area contributed by atoms with Crippen LogP contribution in [0.25, 0.3) is 0 Å². The third kappa shape index (κ3) is 2.68. The number of thiocarbonyl (C=S) groups is 1. The van der Waals surface area contributed by atoms with Crippen molar-refractivity contribution in [2.45, 2.75) is 26.3 Å². The van der Waals surface area contributed by atoms with E-state index in [1.54, 1.807) is 4.90 Å². The lowest BCUT2D eigenvalue weighted by Gasteiger charge is -2.18. The number of pyridine rings is 1. The molecule has 1 amide bonds. The average Bonchev–Trinajstić information content (AvgIpc) is 2.59. The Morgan fingerprint density at radius 1 is 1.58 bits per heavy atom. The first-order chi connectivity index (χ1) is 8.90. The monoisotopic (exact) mass is 278 g/mol. The normalized spacial score (nSPS) is 18.8. The van der Waals surface area contributed by atoms with E-state index in [1.807, 2.05) is 27.0 Å². The van der Waals surface area contributed by atoms with Crippen LogP contribution in [0, 0.1) is 13.8 Å². The van der Waals surface area contributed by atoms with Gasteiger partial charge in [-0.2, -0.15) is 0 Å². The van der Waals surface area contributed by atoms with Gasteiger partial charge in [-0.3, -0.25) is 9.78 Å². The average molecular weight is 278 g/mol. The number of likely N-dealkylation sites (tertiary alicyclic amines) is 1. The van der Waals surface area contributed by atoms with Crippen molar-refractivity contribution in [3.8, 4) is 0 Å². The second-order valence-corrected chi connectivity index (χ2v) is 5.32. The number of nitrogens with one attached hydrogen (secondary N) is 1. The van der Waals surface area contributed by atoms with Crippen LogP contribution >= 0.6 is 12.2 Å². The van der Waals surface area contributed by atoms with Gasteiger partial charge < -0.3 is 16.0 Å². The highest BCUT2D eigenvalue weighted by Crippen LogP contribution is 2.23. The molecule has 1 fully saturated rings. The van der Waals surface area contributed by atoms with Crippen LogP contribution in [-0.4, -0.2) is 40.4 Å². The summed E-state index contributed by atoms with van der Waals surface area (Å²) in [4.78, 5) is 18.3. The van der Waals surface area contributed by atoms with E-state index in [-0.39, 0.29) is 11.9 Å². The van der Waals surface area contributed by atoms with Crippen molar-refractivity contribution < 1.29 is 4.79 Å². The SMILES string of the molecule is Cc1cc(NC2CCN(C)C2=O)c(C(N)=S)c(C)n1. The first kappa shape index (κ1) is 13.7. The molecule has 1 atom stereocenters. The lowest BCUT2D eigenvalue weighted by Crippen LogP contribution is -2.32. The summed E-state index contributed by atoms with van der Waals surface area (Å²) in [6.45, 7) is 4.54. The summed E-state index contributed by atoms with van der Waals surface area (Å²) < 4.78 is 0. The number of nitrogens with two attached hydrogens (primary N) is 1. The van der Waals surface area contributed by atoms with Crippen molar-refractivity contribution in [1.82, 2.24) is 9.88 Å². The predicted octanol–water partition coefficient (Wildman–Crippen LogP) is 0.975. The molecule has 2 heterocycles. The minimum atomic E-state index is -0.209. The molecule has 5 nitrogen and oxygen atoms in total. The summed E-state index contributed by atoms with van der Waals surface area (Å²) in [5.74, 6) is 0.0982. The van der Waals surface area contributed by atoms with E-state index in [0.717, 1.165) is 35.6 Å². The van der Waals surface area contributed by atoms with E-state index in [1.165, 1.54) is 0 Å². The van der Waals surface area contributed by atoms with Crippen LogP contribution in [0.15, 0.2) is 6.07 Å². The van der Waals surface area contributed by atoms with Crippen LogP contribution in [0.2, 0.25) is 0 Å². The Labute approximate surface area is 118 Å². The van der Waals surface area contributed by atoms with Crippen LogP contribution in [-0.2, 0) is 4.79 Å². The van der Waals surface area contributed by atoms with Crippen molar-refractivity contribution >= 4 is 28.8 Å². The first-order valence-electron chi connectivity index (χ1n) is 6.19. The molecule has 0 aliphatic carbocycles. The Hall–Kier alpha value is -1.69. The van der Waals surface area contributed by atoms with Gasteiger partial charge in [0.25, 0.3) is 0 Å². The number of carbonyl (C=O) groups excluding carboxylic acids is 1. The molecular weight excluding hydrogens is 260 g/mol. The summed E-state index contributed by atoms with van der Waals surface area (Å²) >= 11 is 5.08. The number of nitrogens with zero attached hydrogens (tertiary/aromatic N) is 2. The Morgan fingerprint density at radius 2 is 2.26 bits per heavy atom. The Bertz CT molecular complexity index is 544. The Balaban J connectivity index is 2.34. The third-order valence-electron chi connectivity index (χ3n) is 3.33. The maximum absolute atomic E-state index is 11.9. The predicted molar refractivity (Wildman–Crippen MR) is 79.3 cm³/mol. The van der Waals surface area contributed by atoms with Gasteiger partial charge in [0, 0.05) is 30.7 Å². The molecule has 0 saturated carbocycles. The second-order valence-electron chi connectivity index (χ2n) is 4.88. The van der Waals surface area contributed by atoms with Gasteiger partial charge in [0.15, 0.2) is 0 Å². The zero-order valence-electron chi connectivity index (χ0n) is 11.4. The number of rotatable bonds is 3. The van der Waals surface area contributed by atoms with Crippen molar-refractivity contribution in [2.24, 2.45) is 5.73 Å². The van der Waals surface area contributed by atoms with Crippen molar-refractivity contribution in [3.05, 3.63) is 23.0 Å². The van der Waals surface area contributed by atoms with Gasteiger partial charge in [-0.05, 0) is 26.3 Å². The molecule has 1 unspecified atom stereocenters. The lowest BCUT2D eigenvalue weighted by atomic mass is 10.1. The molecule has 1 saturated heterocycles. The van der Waals surface area contributed by atoms with Crippen LogP contribution in [0.3, 0.4) is 0 Å². The van der Waals surface area contributed by atoms with Gasteiger partial charge in [0.2, 0.25) is 5.91 Å². The van der Waals surface area contributed by atoms with Crippen LogP contribution in [0.4, 0.5) is 5.69 Å². The van der Waals surface area contributed by atoms with Crippen LogP contribution < -0.4 is 11.1 Å². The summed E-state index contributed by atoms with van der Waals surface area (Å²) in [5.41, 5.74) is 8.94. The highest BCUT2D eigenvalue weighted by molar-refractivity contribution is 7.80. The van der Waals surface area contributed by atoms with Crippen LogP contribution in [0.5, 0.6) is 0 Å². The molecule has 3 N–H and O–H groups in total. The smallest absolute Gasteiger partial charge is 0.244 e. The molecule has 0 spiro atoms. The maximum Gasteiger partial charge on any atom is 0.244 e. The van der Waals surface area contributed by atoms with Crippen molar-refractivity contribution in [1.29, 1.82) is 0 Å². The minimum absolute atomic E-state index is 0.0982. The number of aromatic nitrogens is 1. The van der Waals surface area contributed by atoms with Crippen LogP contribution in [0.1, 0.15) is 23.4 Å². The summed E-state index contributed by atoms with van der Waals surface area (Å²) in [6.07, 6.45) is 0.784. The number of carbonyl (C=O) groups is 1. The van der Waals surface area contributed by atoms with Gasteiger partial charge >= 0.3 is 0 Å². The van der Waals surface area contributed by atoms with Gasteiger partial charge in [-0.25, -0.2) is 0 Å². The van der Waals surface area contributed by atoms with E-state index in [2.05, 4.69) is 10.3 Å². The standard InChI is InChI=1S/C13H18N4OS/c1-7-6-10(11(12(14)19)8(2)15-7)16-9-4-5-17(3)13(9)18/h6,9H,4-5H2,1-3H3,(H2,14,19)(H,15,16). The molecule has 6 heteroatoms. The lowest BCUT2D eigenvalue weighted by molar-refractivity contribution is -0.127. The molecule has 102 valence electrons. The number of hydrogen-bond acceptors (Lipinski definition) is 4.